The van der Waals surface area contributed by atoms with Gasteiger partial charge in [0, 0.05) is 0 Å². The Hall–Kier alpha value is -2.64. The number of aromatic hydroxyl groups is 1. The Kier molecular flexibility index (Phi) is 7.18. The third-order valence-corrected chi connectivity index (χ3v) is 6.25. The number of phenolic OH excluding ortho intramolecular Hbond substituents is 1. The maximum atomic E-state index is 10.4. The van der Waals surface area contributed by atoms with Gasteiger partial charge in [0.15, 0.2) is 0 Å². The first kappa shape index (κ1) is 23.0. The van der Waals surface area contributed by atoms with Crippen molar-refractivity contribution >= 4 is 27.8 Å². The smallest absolute Gasteiger partial charge is 0.358 e. The van der Waals surface area contributed by atoms with Gasteiger partial charge in [0.05, 0.1) is 0 Å². The molecule has 31 heavy (non-hydrogen) atoms. The second-order valence-corrected chi connectivity index (χ2v) is 7.94. The Bertz CT molecular complexity index is 1240. The fourth-order valence-electron chi connectivity index (χ4n) is 3.91. The number of aromatic amines is 1. The van der Waals surface area contributed by atoms with Gasteiger partial charge in [-0.15, -0.1) is 0 Å². The average molecular weight is 456 g/mol. The molecular formula is C23H29N6OV-. The zero-order valence-electron chi connectivity index (χ0n) is 18.4. The van der Waals surface area contributed by atoms with Gasteiger partial charge in [-0.25, -0.2) is 0 Å². The Morgan fingerprint density at radius 2 is 2.00 bits per heavy atom. The van der Waals surface area contributed by atoms with Crippen molar-refractivity contribution in [3.63, 3.8) is 0 Å². The molecule has 1 atom stereocenters. The Balaban J connectivity index is 0.000000883. The summed E-state index contributed by atoms with van der Waals surface area (Å²) in [6, 6.07) is 8.33. The van der Waals surface area contributed by atoms with Gasteiger partial charge in [-0.2, -0.15) is 0 Å². The third-order valence-electron chi connectivity index (χ3n) is 5.57. The number of pyridine rings is 1. The van der Waals surface area contributed by atoms with Gasteiger partial charge in [-0.1, -0.05) is 13.8 Å². The predicted molar refractivity (Wildman–Crippen MR) is 121 cm³/mol. The van der Waals surface area contributed by atoms with Gasteiger partial charge >= 0.3 is 170 Å². The number of imidazole rings is 1. The summed E-state index contributed by atoms with van der Waals surface area (Å²) in [4.78, 5) is 15.9. The first-order valence-electron chi connectivity index (χ1n) is 10.4. The molecular weight excluding hydrogens is 427 g/mol. The first-order valence-corrected chi connectivity index (χ1v) is 11.1. The fraction of sp³-hybridized carbons (Fsp3) is 0.348. The summed E-state index contributed by atoms with van der Waals surface area (Å²) >= 11 is 2.66. The van der Waals surface area contributed by atoms with Gasteiger partial charge in [-0.3, -0.25) is 0 Å². The van der Waals surface area contributed by atoms with Crippen LogP contribution in [0.2, 0.25) is 0 Å². The first-order chi connectivity index (χ1) is 14.6. The van der Waals surface area contributed by atoms with E-state index in [1.807, 2.05) is 26.0 Å². The molecule has 1 aliphatic carbocycles. The molecule has 4 aromatic rings. The standard InChI is InChI=1S/C20H20N6O.C2H6.CH3.V/c1-12(25-20-18-19(22-10-21-18)23-11-24-20)16-8-13-4-2-7-17(27)15(13)9-26(16)14-5-3-6-14;1-2;;/h2,4,7-8,10-12,14,27H,3,5-6H2,1H3,(H2,21,22,23,24,25);1-2H3;1H3;/q;;-1;/t12-;;;/m0.../s1. The Labute approximate surface area is 191 Å². The van der Waals surface area contributed by atoms with E-state index in [1.165, 1.54) is 18.4 Å². The van der Waals surface area contributed by atoms with Crippen molar-refractivity contribution in [3.8, 4) is 5.75 Å². The van der Waals surface area contributed by atoms with E-state index < -0.39 is 0 Å². The molecule has 0 unspecified atom stereocenters. The van der Waals surface area contributed by atoms with Crippen LogP contribution in [0.4, 0.5) is 5.82 Å². The molecule has 1 aromatic carbocycles. The molecule has 0 amide bonds. The van der Waals surface area contributed by atoms with E-state index in [0.717, 1.165) is 39.0 Å². The van der Waals surface area contributed by atoms with Crippen molar-refractivity contribution in [3.05, 3.63) is 54.0 Å². The van der Waals surface area contributed by atoms with E-state index in [0.29, 0.717) is 17.4 Å². The summed E-state index contributed by atoms with van der Waals surface area (Å²) in [6.45, 7) is 6.13. The van der Waals surface area contributed by atoms with Gasteiger partial charge in [0.2, 0.25) is 0 Å². The van der Waals surface area contributed by atoms with Crippen LogP contribution in [0, 0.1) is 11.4 Å². The number of hydrogen-bond donors (Lipinski definition) is 3. The Morgan fingerprint density at radius 1 is 1.23 bits per heavy atom. The van der Waals surface area contributed by atoms with Crippen LogP contribution < -0.4 is 5.32 Å². The van der Waals surface area contributed by atoms with Crippen molar-refractivity contribution in [1.29, 1.82) is 0 Å². The molecule has 1 fully saturated rings. The number of fused-ring (bicyclic) bond motifs is 2. The molecule has 0 saturated heterocycles. The predicted octanol–water partition coefficient (Wildman–Crippen LogP) is 5.47. The van der Waals surface area contributed by atoms with Crippen LogP contribution in [-0.4, -0.2) is 29.6 Å². The van der Waals surface area contributed by atoms with Gasteiger partial charge < -0.3 is 7.43 Å². The van der Waals surface area contributed by atoms with Gasteiger partial charge in [0.25, 0.3) is 0 Å². The van der Waals surface area contributed by atoms with E-state index in [1.54, 1.807) is 12.4 Å². The largest absolute Gasteiger partial charge is 0.358 e. The average Bonchev–Trinajstić information content (AvgIpc) is 3.20. The molecule has 1 aliphatic rings. The van der Waals surface area contributed by atoms with Crippen LogP contribution >= 0.6 is 0 Å². The second kappa shape index (κ2) is 9.66. The molecule has 3 heterocycles. The van der Waals surface area contributed by atoms with E-state index in [2.05, 4.69) is 59.8 Å². The molecule has 0 spiro atoms. The van der Waals surface area contributed by atoms with E-state index in [9.17, 15) is 5.11 Å². The topological polar surface area (TPSA) is 91.7 Å². The maximum Gasteiger partial charge on any atom is -0.358 e. The van der Waals surface area contributed by atoms with Crippen LogP contribution in [0.1, 0.15) is 57.8 Å². The van der Waals surface area contributed by atoms with Crippen molar-refractivity contribution in [2.75, 3.05) is 5.32 Å². The number of benzene rings is 1. The molecule has 163 valence electrons. The summed E-state index contributed by atoms with van der Waals surface area (Å²) in [5.41, 5.74) is 2.62. The van der Waals surface area contributed by atoms with Gasteiger partial charge in [-0.05, 0) is 0 Å². The molecule has 0 radical (unpaired) electrons. The molecule has 0 aliphatic heterocycles. The number of phenols is 1. The number of nitrogens with one attached hydrogen (secondary N) is 2. The van der Waals surface area contributed by atoms with Crippen LogP contribution in [-0.2, 0) is 17.0 Å². The third kappa shape index (κ3) is 4.12. The summed E-state index contributed by atoms with van der Waals surface area (Å²) in [7, 11) is 0. The molecule has 5 rings (SSSR count). The number of aromatic nitrogens is 5. The maximum absolute atomic E-state index is 10.4. The van der Waals surface area contributed by atoms with Crippen molar-refractivity contribution in [1.82, 2.24) is 24.5 Å². The summed E-state index contributed by atoms with van der Waals surface area (Å²) in [6.07, 6.45) is 6.72. The minimum Gasteiger partial charge on any atom is -0.358 e. The van der Waals surface area contributed by atoms with Crippen molar-refractivity contribution in [2.45, 2.75) is 52.1 Å². The second-order valence-electron chi connectivity index (χ2n) is 7.28. The number of anilines is 1. The number of rotatable bonds is 4. The minimum absolute atomic E-state index is 0. The summed E-state index contributed by atoms with van der Waals surface area (Å²) in [5, 5.41) is 15.9. The zero-order valence-corrected chi connectivity index (χ0v) is 19.8. The fourth-order valence-corrected chi connectivity index (χ4v) is 4.72. The quantitative estimate of drug-likeness (QED) is 0.355. The number of hydrogen-bond acceptors (Lipinski definition) is 5. The van der Waals surface area contributed by atoms with E-state index in [4.69, 9.17) is 0 Å². The van der Waals surface area contributed by atoms with Crippen LogP contribution in [0.3, 0.4) is 0 Å². The van der Waals surface area contributed by atoms with Gasteiger partial charge in [0.1, 0.15) is 0 Å². The van der Waals surface area contributed by atoms with Crippen LogP contribution in [0.5, 0.6) is 5.75 Å². The number of nitrogens with zero attached hydrogens (tertiary/aromatic N) is 4. The Morgan fingerprint density at radius 3 is 2.71 bits per heavy atom. The summed E-state index contributed by atoms with van der Waals surface area (Å²) < 4.78 is 3.42. The monoisotopic (exact) mass is 456 g/mol. The molecule has 3 aromatic heterocycles. The SMILES string of the molecule is CC.C[C@H](Nc1ncnc2nc[nH]c12)c1cc2cccc(O)c2[c](=[V])n1C1CCC1.[CH3-]. The molecule has 1 saturated carbocycles. The minimum atomic E-state index is 0. The molecule has 7 nitrogen and oxygen atoms in total. The molecule has 3 N–H and O–H groups in total. The normalized spacial score (nSPS) is 14.3. The molecule has 8 heteroatoms. The van der Waals surface area contributed by atoms with E-state index in [-0.39, 0.29) is 13.5 Å². The number of H-pyrrole nitrogens is 1. The summed E-state index contributed by atoms with van der Waals surface area (Å²) in [5.74, 6) is 1.06. The van der Waals surface area contributed by atoms with Crippen molar-refractivity contribution < 1.29 is 22.1 Å². The van der Waals surface area contributed by atoms with Crippen LogP contribution in [0.15, 0.2) is 36.9 Å². The van der Waals surface area contributed by atoms with Crippen LogP contribution in [0.25, 0.3) is 21.9 Å². The zero-order chi connectivity index (χ0) is 21.3. The van der Waals surface area contributed by atoms with E-state index >= 15 is 0 Å². The van der Waals surface area contributed by atoms with Crippen molar-refractivity contribution in [2.24, 2.45) is 0 Å². The molecule has 0 bridgehead atoms.